The molecule has 0 radical (unpaired) electrons. The van der Waals surface area contributed by atoms with Crippen LogP contribution in [0.4, 0.5) is 0 Å². The summed E-state index contributed by atoms with van der Waals surface area (Å²) >= 11 is 0. The molecule has 3 rings (SSSR count). The van der Waals surface area contributed by atoms with Crippen LogP contribution >= 0.6 is 0 Å². The summed E-state index contributed by atoms with van der Waals surface area (Å²) in [7, 11) is 1.61. The van der Waals surface area contributed by atoms with Gasteiger partial charge in [0, 0.05) is 13.1 Å². The minimum Gasteiger partial charge on any atom is -0.497 e. The van der Waals surface area contributed by atoms with Crippen LogP contribution in [-0.4, -0.2) is 37.0 Å². The maximum absolute atomic E-state index is 13.5. The third-order valence-electron chi connectivity index (χ3n) is 5.44. The molecule has 0 fully saturated rings. The fraction of sp³-hybridized carbons (Fsp3) is 0.286. The van der Waals surface area contributed by atoms with E-state index in [-0.39, 0.29) is 25.0 Å². The normalized spacial score (nSPS) is 11.4. The van der Waals surface area contributed by atoms with Gasteiger partial charge in [-0.15, -0.1) is 0 Å². The molecule has 0 aliphatic rings. The Balaban J connectivity index is 1.90. The Morgan fingerprint density at radius 2 is 1.53 bits per heavy atom. The molecule has 6 heteroatoms. The summed E-state index contributed by atoms with van der Waals surface area (Å²) in [5, 5.41) is 3.00. The summed E-state index contributed by atoms with van der Waals surface area (Å²) in [4.78, 5) is 28.4. The lowest BCUT2D eigenvalue weighted by molar-refractivity contribution is -0.143. The second kappa shape index (κ2) is 13.0. The van der Waals surface area contributed by atoms with Crippen LogP contribution in [0.25, 0.3) is 0 Å². The first-order valence-corrected chi connectivity index (χ1v) is 11.5. The summed E-state index contributed by atoms with van der Waals surface area (Å²) in [6.45, 7) is 2.71. The highest BCUT2D eigenvalue weighted by Crippen LogP contribution is 2.25. The molecule has 2 amide bonds. The summed E-state index contributed by atoms with van der Waals surface area (Å²) < 4.78 is 11.0. The second-order valence-electron chi connectivity index (χ2n) is 7.93. The zero-order valence-electron chi connectivity index (χ0n) is 19.8. The van der Waals surface area contributed by atoms with Gasteiger partial charge in [0.2, 0.25) is 5.91 Å². The van der Waals surface area contributed by atoms with Gasteiger partial charge >= 0.3 is 0 Å². The maximum Gasteiger partial charge on any atom is 0.261 e. The molecule has 0 unspecified atom stereocenters. The van der Waals surface area contributed by atoms with Crippen LogP contribution in [-0.2, 0) is 16.1 Å². The molecule has 0 saturated heterocycles. The van der Waals surface area contributed by atoms with Crippen molar-refractivity contribution in [3.63, 3.8) is 0 Å². The van der Waals surface area contributed by atoms with Gasteiger partial charge in [-0.2, -0.15) is 0 Å². The number of benzene rings is 3. The minimum absolute atomic E-state index is 0.175. The van der Waals surface area contributed by atoms with Crippen molar-refractivity contribution in [3.05, 3.63) is 96.1 Å². The molecule has 0 heterocycles. The summed E-state index contributed by atoms with van der Waals surface area (Å²) in [5.74, 6) is 0.843. The summed E-state index contributed by atoms with van der Waals surface area (Å²) in [6.07, 6.45) is 1.84. The predicted octanol–water partition coefficient (Wildman–Crippen LogP) is 4.76. The predicted molar refractivity (Wildman–Crippen MR) is 133 cm³/mol. The number of carbonyl (C=O) groups excluding carboxylic acids is 2. The maximum atomic E-state index is 13.5. The number of unbranched alkanes of at least 4 members (excludes halogenated alkanes) is 1. The minimum atomic E-state index is -0.785. The molecular weight excluding hydrogens is 428 g/mol. The average Bonchev–Trinajstić information content (AvgIpc) is 2.88. The first-order chi connectivity index (χ1) is 16.6. The first kappa shape index (κ1) is 24.8. The summed E-state index contributed by atoms with van der Waals surface area (Å²) in [5.41, 5.74) is 1.63. The highest BCUT2D eigenvalue weighted by atomic mass is 16.5. The molecular formula is C28H32N2O4. The van der Waals surface area contributed by atoms with Crippen molar-refractivity contribution in [3.8, 4) is 11.5 Å². The number of hydrogen-bond donors (Lipinski definition) is 1. The smallest absolute Gasteiger partial charge is 0.261 e. The van der Waals surface area contributed by atoms with Crippen molar-refractivity contribution in [2.24, 2.45) is 0 Å². The fourth-order valence-electron chi connectivity index (χ4n) is 3.59. The lowest BCUT2D eigenvalue weighted by Crippen LogP contribution is -2.45. The highest BCUT2D eigenvalue weighted by molar-refractivity contribution is 5.89. The molecule has 6 nitrogen and oxygen atoms in total. The van der Waals surface area contributed by atoms with Crippen LogP contribution in [0.2, 0.25) is 0 Å². The number of carbonyl (C=O) groups is 2. The lowest BCUT2D eigenvalue weighted by Gasteiger charge is -2.31. The topological polar surface area (TPSA) is 67.9 Å². The molecule has 0 saturated carbocycles. The van der Waals surface area contributed by atoms with Gasteiger partial charge in [-0.05, 0) is 41.8 Å². The van der Waals surface area contributed by atoms with Crippen LogP contribution < -0.4 is 14.8 Å². The van der Waals surface area contributed by atoms with E-state index in [1.165, 1.54) is 0 Å². The lowest BCUT2D eigenvalue weighted by atomic mass is 10.0. The monoisotopic (exact) mass is 460 g/mol. The number of ether oxygens (including phenoxy) is 2. The van der Waals surface area contributed by atoms with E-state index in [0.29, 0.717) is 12.3 Å². The average molecular weight is 461 g/mol. The van der Waals surface area contributed by atoms with E-state index in [9.17, 15) is 9.59 Å². The van der Waals surface area contributed by atoms with E-state index in [1.54, 1.807) is 24.1 Å². The van der Waals surface area contributed by atoms with Crippen molar-refractivity contribution < 1.29 is 19.1 Å². The second-order valence-corrected chi connectivity index (χ2v) is 7.93. The van der Waals surface area contributed by atoms with Crippen molar-refractivity contribution in [2.75, 3.05) is 20.3 Å². The van der Waals surface area contributed by atoms with Gasteiger partial charge in [0.05, 0.1) is 7.11 Å². The van der Waals surface area contributed by atoms with Crippen LogP contribution in [0.3, 0.4) is 0 Å². The largest absolute Gasteiger partial charge is 0.497 e. The molecule has 0 spiro atoms. The Morgan fingerprint density at radius 1 is 0.882 bits per heavy atom. The molecule has 0 aromatic heterocycles. The number of para-hydroxylation sites is 1. The third kappa shape index (κ3) is 7.10. The quantitative estimate of drug-likeness (QED) is 0.396. The molecule has 1 N–H and O–H groups in total. The van der Waals surface area contributed by atoms with E-state index < -0.39 is 6.04 Å². The van der Waals surface area contributed by atoms with E-state index in [0.717, 1.165) is 29.7 Å². The molecule has 34 heavy (non-hydrogen) atoms. The van der Waals surface area contributed by atoms with E-state index in [2.05, 4.69) is 12.2 Å². The van der Waals surface area contributed by atoms with Crippen LogP contribution in [0, 0.1) is 0 Å². The Bertz CT molecular complexity index is 1020. The standard InChI is InChI=1S/C28H32N2O4/c1-3-4-19-29-28(32)27(23-11-7-5-8-12-23)30(20-22-15-17-24(33-2)18-16-22)26(31)21-34-25-13-9-6-10-14-25/h5-18,27H,3-4,19-21H2,1-2H3,(H,29,32)/t27-/m1/s1. The molecule has 3 aromatic rings. The molecule has 0 bridgehead atoms. The molecule has 0 aliphatic heterocycles. The van der Waals surface area contributed by atoms with Gasteiger partial charge in [-0.3, -0.25) is 9.59 Å². The van der Waals surface area contributed by atoms with Gasteiger partial charge in [0.1, 0.15) is 17.5 Å². The Hall–Kier alpha value is -3.80. The fourth-order valence-corrected chi connectivity index (χ4v) is 3.59. The Kier molecular flexibility index (Phi) is 9.52. The number of methoxy groups -OCH3 is 1. The van der Waals surface area contributed by atoms with E-state index >= 15 is 0 Å². The Labute approximate surface area is 201 Å². The van der Waals surface area contributed by atoms with Crippen molar-refractivity contribution in [1.29, 1.82) is 0 Å². The highest BCUT2D eigenvalue weighted by Gasteiger charge is 2.31. The number of nitrogens with one attached hydrogen (secondary N) is 1. The van der Waals surface area contributed by atoms with Crippen molar-refractivity contribution in [1.82, 2.24) is 10.2 Å². The van der Waals surface area contributed by atoms with Crippen molar-refractivity contribution >= 4 is 11.8 Å². The first-order valence-electron chi connectivity index (χ1n) is 11.5. The molecule has 178 valence electrons. The zero-order chi connectivity index (χ0) is 24.2. The number of rotatable bonds is 12. The van der Waals surface area contributed by atoms with E-state index in [1.807, 2.05) is 72.8 Å². The number of hydrogen-bond acceptors (Lipinski definition) is 4. The van der Waals surface area contributed by atoms with E-state index in [4.69, 9.17) is 9.47 Å². The van der Waals surface area contributed by atoms with Gasteiger partial charge in [0.25, 0.3) is 5.91 Å². The van der Waals surface area contributed by atoms with Crippen LogP contribution in [0.5, 0.6) is 11.5 Å². The SMILES string of the molecule is CCCCNC(=O)[C@@H](c1ccccc1)N(Cc1ccc(OC)cc1)C(=O)COc1ccccc1. The van der Waals surface area contributed by atoms with Gasteiger partial charge in [-0.25, -0.2) is 0 Å². The van der Waals surface area contributed by atoms with Gasteiger partial charge in [-0.1, -0.05) is 74.0 Å². The molecule has 3 aromatic carbocycles. The van der Waals surface area contributed by atoms with Gasteiger partial charge in [0.15, 0.2) is 6.61 Å². The van der Waals surface area contributed by atoms with Gasteiger partial charge < -0.3 is 19.7 Å². The summed E-state index contributed by atoms with van der Waals surface area (Å²) in [6, 6.07) is 25.3. The number of amides is 2. The van der Waals surface area contributed by atoms with Crippen LogP contribution in [0.15, 0.2) is 84.9 Å². The molecule has 1 atom stereocenters. The van der Waals surface area contributed by atoms with Crippen molar-refractivity contribution in [2.45, 2.75) is 32.4 Å². The third-order valence-corrected chi connectivity index (χ3v) is 5.44. The number of nitrogens with zero attached hydrogens (tertiary/aromatic N) is 1. The Morgan fingerprint density at radius 3 is 2.15 bits per heavy atom. The zero-order valence-corrected chi connectivity index (χ0v) is 19.8. The van der Waals surface area contributed by atoms with Crippen LogP contribution in [0.1, 0.15) is 36.9 Å². The molecule has 0 aliphatic carbocycles.